The summed E-state index contributed by atoms with van der Waals surface area (Å²) in [5, 5.41) is 3.37. The average molecular weight is 317 g/mol. The fraction of sp³-hybridized carbons (Fsp3) is 0.444. The van der Waals surface area contributed by atoms with Gasteiger partial charge in [0.2, 0.25) is 5.91 Å². The molecule has 0 bridgehead atoms. The molecule has 3 nitrogen and oxygen atoms in total. The number of allylic oxidation sites excluding steroid dienone is 2. The highest BCUT2D eigenvalue weighted by molar-refractivity contribution is 6.33. The van der Waals surface area contributed by atoms with Gasteiger partial charge in [-0.3, -0.25) is 4.79 Å². The van der Waals surface area contributed by atoms with Crippen LogP contribution in [0.2, 0.25) is 5.02 Å². The Balaban J connectivity index is 1.88. The molecule has 1 fully saturated rings. The summed E-state index contributed by atoms with van der Waals surface area (Å²) < 4.78 is 0. The van der Waals surface area contributed by atoms with Crippen LogP contribution in [0.15, 0.2) is 18.2 Å². The van der Waals surface area contributed by atoms with Crippen molar-refractivity contribution in [1.29, 1.82) is 0 Å². The van der Waals surface area contributed by atoms with Gasteiger partial charge in [0.25, 0.3) is 0 Å². The quantitative estimate of drug-likeness (QED) is 0.859. The number of rotatable bonds is 3. The Morgan fingerprint density at radius 1 is 1.41 bits per heavy atom. The zero-order valence-corrected chi connectivity index (χ0v) is 13.8. The zero-order valence-electron chi connectivity index (χ0n) is 13.0. The van der Waals surface area contributed by atoms with E-state index in [9.17, 15) is 4.79 Å². The molecule has 0 radical (unpaired) electrons. The smallest absolute Gasteiger partial charge is 0.228 e. The van der Waals surface area contributed by atoms with E-state index in [1.54, 1.807) is 0 Å². The van der Waals surface area contributed by atoms with Crippen LogP contribution in [0.5, 0.6) is 0 Å². The monoisotopic (exact) mass is 316 g/mol. The molecule has 22 heavy (non-hydrogen) atoms. The summed E-state index contributed by atoms with van der Waals surface area (Å²) in [4.78, 5) is 16.6. The minimum Gasteiger partial charge on any atom is -0.309 e. The van der Waals surface area contributed by atoms with Gasteiger partial charge in [-0.05, 0) is 31.4 Å². The molecule has 2 aliphatic rings. The van der Waals surface area contributed by atoms with Crippen molar-refractivity contribution in [3.63, 3.8) is 0 Å². The van der Waals surface area contributed by atoms with Gasteiger partial charge in [0, 0.05) is 16.9 Å². The van der Waals surface area contributed by atoms with E-state index in [2.05, 4.69) is 42.4 Å². The molecule has 1 unspecified atom stereocenters. The van der Waals surface area contributed by atoms with Crippen LogP contribution in [0.25, 0.3) is 12.2 Å². The van der Waals surface area contributed by atoms with Gasteiger partial charge in [-0.25, -0.2) is 4.98 Å². The van der Waals surface area contributed by atoms with Crippen molar-refractivity contribution >= 4 is 35.5 Å². The Kier molecular flexibility index (Phi) is 4.09. The van der Waals surface area contributed by atoms with Crippen LogP contribution in [-0.4, -0.2) is 10.9 Å². The lowest BCUT2D eigenvalue weighted by Gasteiger charge is -2.24. The standard InChI is InChI=1S/C18H21ClN2O/c1-3-18(2)9-7-13-11-14(19)16(20-15(13)8-10-18)21-17(22)12-5-4-6-12/h7-12H,3-6H2,1-2H3,(H,20,21,22). The van der Waals surface area contributed by atoms with Gasteiger partial charge in [0.15, 0.2) is 5.82 Å². The first-order valence-corrected chi connectivity index (χ1v) is 8.28. The SMILES string of the molecule is CCC1(C)C=Cc2cc(Cl)c(NC(=O)C3CCC3)nc2C=C1. The highest BCUT2D eigenvalue weighted by atomic mass is 35.5. The number of nitrogens with zero attached hydrogens (tertiary/aromatic N) is 1. The fourth-order valence-electron chi connectivity index (χ4n) is 2.60. The van der Waals surface area contributed by atoms with E-state index in [-0.39, 0.29) is 17.2 Å². The van der Waals surface area contributed by atoms with E-state index in [4.69, 9.17) is 11.6 Å². The number of pyridine rings is 1. The molecule has 1 aromatic heterocycles. The first-order valence-electron chi connectivity index (χ1n) is 7.90. The molecule has 1 amide bonds. The maximum atomic E-state index is 12.1. The van der Waals surface area contributed by atoms with Gasteiger partial charge in [-0.1, -0.05) is 50.1 Å². The molecule has 1 heterocycles. The van der Waals surface area contributed by atoms with Gasteiger partial charge in [0.1, 0.15) is 0 Å². The predicted molar refractivity (Wildman–Crippen MR) is 91.7 cm³/mol. The molecule has 4 heteroatoms. The molecule has 1 saturated carbocycles. The lowest BCUT2D eigenvalue weighted by molar-refractivity contribution is -0.122. The molecule has 1 N–H and O–H groups in total. The van der Waals surface area contributed by atoms with E-state index >= 15 is 0 Å². The molecule has 1 aromatic rings. The minimum absolute atomic E-state index is 0.0303. The summed E-state index contributed by atoms with van der Waals surface area (Å²) in [6.07, 6.45) is 12.5. The summed E-state index contributed by atoms with van der Waals surface area (Å²) in [7, 11) is 0. The lowest BCUT2D eigenvalue weighted by Crippen LogP contribution is -2.28. The highest BCUT2D eigenvalue weighted by Gasteiger charge is 2.26. The summed E-state index contributed by atoms with van der Waals surface area (Å²) in [5.74, 6) is 0.623. The van der Waals surface area contributed by atoms with Crippen molar-refractivity contribution in [3.8, 4) is 0 Å². The largest absolute Gasteiger partial charge is 0.309 e. The molecular weight excluding hydrogens is 296 g/mol. The molecule has 2 aliphatic carbocycles. The lowest BCUT2D eigenvalue weighted by atomic mass is 9.85. The number of amides is 1. The Bertz CT molecular complexity index is 661. The van der Waals surface area contributed by atoms with E-state index in [1.165, 1.54) is 0 Å². The van der Waals surface area contributed by atoms with E-state index in [1.807, 2.05) is 12.1 Å². The van der Waals surface area contributed by atoms with Crippen molar-refractivity contribution in [1.82, 2.24) is 4.98 Å². The zero-order chi connectivity index (χ0) is 15.7. The molecular formula is C18H21ClN2O. The van der Waals surface area contributed by atoms with Crippen molar-refractivity contribution in [2.45, 2.75) is 39.5 Å². The summed E-state index contributed by atoms with van der Waals surface area (Å²) in [6, 6.07) is 1.88. The normalized spacial score (nSPS) is 23.6. The second kappa shape index (κ2) is 5.88. The Labute approximate surface area is 136 Å². The number of anilines is 1. The highest BCUT2D eigenvalue weighted by Crippen LogP contribution is 2.34. The van der Waals surface area contributed by atoms with Gasteiger partial charge in [0.05, 0.1) is 10.7 Å². The van der Waals surface area contributed by atoms with Crippen LogP contribution < -0.4 is 5.32 Å². The third-order valence-corrected chi connectivity index (χ3v) is 5.07. The van der Waals surface area contributed by atoms with Crippen LogP contribution in [0, 0.1) is 11.3 Å². The van der Waals surface area contributed by atoms with Gasteiger partial charge < -0.3 is 5.32 Å². The minimum atomic E-state index is 0.0303. The van der Waals surface area contributed by atoms with E-state index < -0.39 is 0 Å². The van der Waals surface area contributed by atoms with Crippen molar-refractivity contribution in [2.75, 3.05) is 5.32 Å². The second-order valence-electron chi connectivity index (χ2n) is 6.44. The maximum Gasteiger partial charge on any atom is 0.228 e. The number of hydrogen-bond donors (Lipinski definition) is 1. The van der Waals surface area contributed by atoms with Crippen LogP contribution in [0.4, 0.5) is 5.82 Å². The van der Waals surface area contributed by atoms with Crippen LogP contribution in [0.3, 0.4) is 0 Å². The first-order chi connectivity index (χ1) is 10.5. The van der Waals surface area contributed by atoms with Crippen molar-refractivity contribution in [2.24, 2.45) is 11.3 Å². The Morgan fingerprint density at radius 2 is 2.14 bits per heavy atom. The molecule has 3 rings (SSSR count). The fourth-order valence-corrected chi connectivity index (χ4v) is 2.81. The van der Waals surface area contributed by atoms with Crippen molar-refractivity contribution in [3.05, 3.63) is 34.5 Å². The van der Waals surface area contributed by atoms with Gasteiger partial charge in [-0.15, -0.1) is 0 Å². The number of aromatic nitrogens is 1. The first kappa shape index (κ1) is 15.3. The number of carbonyl (C=O) groups excluding carboxylic acids is 1. The number of carbonyl (C=O) groups is 1. The van der Waals surface area contributed by atoms with Gasteiger partial charge >= 0.3 is 0 Å². The van der Waals surface area contributed by atoms with E-state index in [0.717, 1.165) is 36.9 Å². The summed E-state index contributed by atoms with van der Waals surface area (Å²) in [6.45, 7) is 4.35. The van der Waals surface area contributed by atoms with Gasteiger partial charge in [-0.2, -0.15) is 0 Å². The number of fused-ring (bicyclic) bond motifs is 1. The Hall–Kier alpha value is -1.61. The molecule has 116 valence electrons. The second-order valence-corrected chi connectivity index (χ2v) is 6.84. The predicted octanol–water partition coefficient (Wildman–Crippen LogP) is 4.93. The number of nitrogens with one attached hydrogen (secondary N) is 1. The summed E-state index contributed by atoms with van der Waals surface area (Å²) >= 11 is 6.29. The van der Waals surface area contributed by atoms with Crippen LogP contribution in [-0.2, 0) is 4.79 Å². The molecule has 0 spiro atoms. The van der Waals surface area contributed by atoms with Crippen LogP contribution in [0.1, 0.15) is 50.8 Å². The molecule has 0 aromatic carbocycles. The number of hydrogen-bond acceptors (Lipinski definition) is 2. The third kappa shape index (κ3) is 2.95. The van der Waals surface area contributed by atoms with E-state index in [0.29, 0.717) is 10.8 Å². The number of halogens is 1. The average Bonchev–Trinajstić information content (AvgIpc) is 2.59. The topological polar surface area (TPSA) is 42.0 Å². The summed E-state index contributed by atoms with van der Waals surface area (Å²) in [5.41, 5.74) is 1.87. The molecule has 1 atom stereocenters. The molecule has 0 aliphatic heterocycles. The Morgan fingerprint density at radius 3 is 2.77 bits per heavy atom. The van der Waals surface area contributed by atoms with Crippen LogP contribution >= 0.6 is 11.6 Å². The van der Waals surface area contributed by atoms with Crippen molar-refractivity contribution < 1.29 is 4.79 Å². The molecule has 0 saturated heterocycles. The third-order valence-electron chi connectivity index (χ3n) is 4.78. The maximum absolute atomic E-state index is 12.1.